The van der Waals surface area contributed by atoms with E-state index < -0.39 is 0 Å². The molecule has 0 amide bonds. The Hall–Kier alpha value is -2.07. The molecule has 1 fully saturated rings. The van der Waals surface area contributed by atoms with Gasteiger partial charge in [-0.2, -0.15) is 5.26 Å². The maximum Gasteiger partial charge on any atom is 0.209 e. The number of nitriles is 1. The average Bonchev–Trinajstić information content (AvgIpc) is 3.25. The summed E-state index contributed by atoms with van der Waals surface area (Å²) in [5.74, 6) is 1.62. The van der Waals surface area contributed by atoms with Crippen LogP contribution in [0.2, 0.25) is 0 Å². The van der Waals surface area contributed by atoms with Gasteiger partial charge in [0, 0.05) is 5.75 Å². The number of aromatic nitrogens is 4. The summed E-state index contributed by atoms with van der Waals surface area (Å²) in [7, 11) is 0. The molecule has 1 aromatic carbocycles. The number of benzene rings is 1. The number of thioether (sulfide) groups is 1. The zero-order valence-corrected chi connectivity index (χ0v) is 12.3. The van der Waals surface area contributed by atoms with Gasteiger partial charge in [-0.25, -0.2) is 4.68 Å². The minimum Gasteiger partial charge on any atom is -0.493 e. The van der Waals surface area contributed by atoms with Crippen LogP contribution >= 0.6 is 11.8 Å². The first-order chi connectivity index (χ1) is 10.4. The van der Waals surface area contributed by atoms with Crippen molar-refractivity contribution < 1.29 is 4.74 Å². The van der Waals surface area contributed by atoms with E-state index in [9.17, 15) is 0 Å². The van der Waals surface area contributed by atoms with Gasteiger partial charge in [0.2, 0.25) is 5.16 Å². The van der Waals surface area contributed by atoms with E-state index in [-0.39, 0.29) is 0 Å². The lowest BCUT2D eigenvalue weighted by molar-refractivity contribution is 0.343. The fourth-order valence-electron chi connectivity index (χ4n) is 1.92. The van der Waals surface area contributed by atoms with Gasteiger partial charge in [0.1, 0.15) is 5.75 Å². The molecule has 0 spiro atoms. The van der Waals surface area contributed by atoms with Gasteiger partial charge >= 0.3 is 0 Å². The number of rotatable bonds is 7. The van der Waals surface area contributed by atoms with Gasteiger partial charge in [-0.05, 0) is 41.0 Å². The smallest absolute Gasteiger partial charge is 0.209 e. The number of hydrogen-bond donors (Lipinski definition) is 0. The van der Waals surface area contributed by atoms with E-state index in [1.807, 2.05) is 28.9 Å². The van der Waals surface area contributed by atoms with Crippen molar-refractivity contribution in [1.29, 1.82) is 5.26 Å². The molecule has 108 valence electrons. The third kappa shape index (κ3) is 3.73. The fraction of sp³-hybridized carbons (Fsp3) is 0.429. The van der Waals surface area contributed by atoms with E-state index in [0.717, 1.165) is 22.2 Å². The number of ether oxygens (including phenoxy) is 1. The standard InChI is InChI=1S/C14H15N5OS/c15-8-7-11-1-5-13(6-2-11)20-9-10-21-14-16-17-18-19(14)12-3-4-12/h1-2,5-6,12H,3-4,7,9-10H2. The van der Waals surface area contributed by atoms with E-state index in [4.69, 9.17) is 10.00 Å². The second-order valence-electron chi connectivity index (χ2n) is 4.81. The highest BCUT2D eigenvalue weighted by molar-refractivity contribution is 7.99. The molecule has 1 heterocycles. The number of tetrazole rings is 1. The molecule has 3 rings (SSSR count). The summed E-state index contributed by atoms with van der Waals surface area (Å²) in [6.45, 7) is 0.597. The normalized spacial score (nSPS) is 13.9. The van der Waals surface area contributed by atoms with Crippen LogP contribution in [0, 0.1) is 11.3 Å². The Morgan fingerprint density at radius 1 is 1.33 bits per heavy atom. The Labute approximate surface area is 127 Å². The predicted molar refractivity (Wildman–Crippen MR) is 78.1 cm³/mol. The molecule has 0 saturated heterocycles. The molecule has 0 radical (unpaired) electrons. The van der Waals surface area contributed by atoms with Crippen LogP contribution in [-0.2, 0) is 6.42 Å². The van der Waals surface area contributed by atoms with E-state index in [1.165, 1.54) is 12.8 Å². The van der Waals surface area contributed by atoms with Gasteiger partial charge in [0.05, 0.1) is 25.1 Å². The maximum absolute atomic E-state index is 8.62. The van der Waals surface area contributed by atoms with Crippen molar-refractivity contribution in [1.82, 2.24) is 20.2 Å². The predicted octanol–water partition coefficient (Wildman–Crippen LogP) is 2.25. The third-order valence-electron chi connectivity index (χ3n) is 3.15. The maximum atomic E-state index is 8.62. The highest BCUT2D eigenvalue weighted by Gasteiger charge is 2.27. The molecule has 0 bridgehead atoms. The van der Waals surface area contributed by atoms with Gasteiger partial charge in [-0.15, -0.1) is 5.10 Å². The van der Waals surface area contributed by atoms with Crippen molar-refractivity contribution in [3.05, 3.63) is 29.8 Å². The first kappa shape index (κ1) is 13.9. The van der Waals surface area contributed by atoms with Gasteiger partial charge in [-0.1, -0.05) is 23.9 Å². The molecular formula is C14H15N5OS. The molecule has 1 aliphatic rings. The Bertz CT molecular complexity index is 630. The van der Waals surface area contributed by atoms with Crippen LogP contribution in [0.1, 0.15) is 24.4 Å². The topological polar surface area (TPSA) is 76.6 Å². The zero-order chi connectivity index (χ0) is 14.5. The van der Waals surface area contributed by atoms with Crippen LogP contribution in [0.15, 0.2) is 29.4 Å². The van der Waals surface area contributed by atoms with E-state index in [1.54, 1.807) is 11.8 Å². The Morgan fingerprint density at radius 2 is 2.14 bits per heavy atom. The number of hydrogen-bond acceptors (Lipinski definition) is 6. The van der Waals surface area contributed by atoms with Crippen LogP contribution in [0.5, 0.6) is 5.75 Å². The van der Waals surface area contributed by atoms with Gasteiger partial charge < -0.3 is 4.74 Å². The SMILES string of the molecule is N#CCc1ccc(OCCSc2nnnn2C2CC2)cc1. The second-order valence-corrected chi connectivity index (χ2v) is 5.88. The highest BCUT2D eigenvalue weighted by atomic mass is 32.2. The van der Waals surface area contributed by atoms with Crippen molar-refractivity contribution in [2.45, 2.75) is 30.5 Å². The van der Waals surface area contributed by atoms with Crippen LogP contribution in [0.4, 0.5) is 0 Å². The molecular weight excluding hydrogens is 286 g/mol. The van der Waals surface area contributed by atoms with E-state index in [0.29, 0.717) is 19.1 Å². The van der Waals surface area contributed by atoms with Crippen molar-refractivity contribution >= 4 is 11.8 Å². The Morgan fingerprint density at radius 3 is 2.86 bits per heavy atom. The van der Waals surface area contributed by atoms with Crippen molar-refractivity contribution in [3.63, 3.8) is 0 Å². The summed E-state index contributed by atoms with van der Waals surface area (Å²) in [6.07, 6.45) is 2.77. The Kier molecular flexibility index (Phi) is 4.36. The summed E-state index contributed by atoms with van der Waals surface area (Å²) in [6, 6.07) is 10.2. The van der Waals surface area contributed by atoms with Crippen molar-refractivity contribution in [2.75, 3.05) is 12.4 Å². The highest BCUT2D eigenvalue weighted by Crippen LogP contribution is 2.36. The van der Waals surface area contributed by atoms with Crippen LogP contribution < -0.4 is 4.74 Å². The molecule has 0 unspecified atom stereocenters. The van der Waals surface area contributed by atoms with Gasteiger partial charge in [-0.3, -0.25) is 0 Å². The van der Waals surface area contributed by atoms with Crippen molar-refractivity contribution in [2.24, 2.45) is 0 Å². The van der Waals surface area contributed by atoms with E-state index in [2.05, 4.69) is 21.6 Å². The first-order valence-electron chi connectivity index (χ1n) is 6.86. The van der Waals surface area contributed by atoms with Gasteiger partial charge in [0.25, 0.3) is 0 Å². The van der Waals surface area contributed by atoms with Crippen LogP contribution in [-0.4, -0.2) is 32.6 Å². The summed E-state index contributed by atoms with van der Waals surface area (Å²) >= 11 is 1.61. The molecule has 0 atom stereocenters. The summed E-state index contributed by atoms with van der Waals surface area (Å²) in [5, 5.41) is 21.2. The van der Waals surface area contributed by atoms with E-state index >= 15 is 0 Å². The summed E-state index contributed by atoms with van der Waals surface area (Å²) in [5.41, 5.74) is 1.00. The van der Waals surface area contributed by atoms with Gasteiger partial charge in [0.15, 0.2) is 0 Å². The quantitative estimate of drug-likeness (QED) is 0.576. The minimum atomic E-state index is 0.431. The van der Waals surface area contributed by atoms with Crippen LogP contribution in [0.3, 0.4) is 0 Å². The first-order valence-corrected chi connectivity index (χ1v) is 7.85. The Balaban J connectivity index is 1.43. The zero-order valence-electron chi connectivity index (χ0n) is 11.5. The monoisotopic (exact) mass is 301 g/mol. The van der Waals surface area contributed by atoms with Crippen molar-refractivity contribution in [3.8, 4) is 11.8 Å². The molecule has 2 aromatic rings. The van der Waals surface area contributed by atoms with Crippen LogP contribution in [0.25, 0.3) is 0 Å². The fourth-order valence-corrected chi connectivity index (χ4v) is 2.68. The molecule has 1 saturated carbocycles. The largest absolute Gasteiger partial charge is 0.493 e. The second kappa shape index (κ2) is 6.59. The number of nitrogens with zero attached hydrogens (tertiary/aromatic N) is 5. The molecule has 1 aliphatic carbocycles. The lowest BCUT2D eigenvalue weighted by atomic mass is 10.2. The molecule has 21 heavy (non-hydrogen) atoms. The lowest BCUT2D eigenvalue weighted by Crippen LogP contribution is -2.03. The lowest BCUT2D eigenvalue weighted by Gasteiger charge is -2.06. The summed E-state index contributed by atoms with van der Waals surface area (Å²) < 4.78 is 7.58. The molecule has 0 N–H and O–H groups in total. The molecule has 7 heteroatoms. The minimum absolute atomic E-state index is 0.431. The average molecular weight is 301 g/mol. The third-order valence-corrected chi connectivity index (χ3v) is 4.04. The summed E-state index contributed by atoms with van der Waals surface area (Å²) in [4.78, 5) is 0. The molecule has 0 aliphatic heterocycles. The molecule has 6 nitrogen and oxygen atoms in total. The molecule has 1 aromatic heterocycles.